The Kier molecular flexibility index (Phi) is 3.29. The fourth-order valence-corrected chi connectivity index (χ4v) is 0.919. The number of nitrogen functional groups attached to an aromatic ring is 1. The maximum absolute atomic E-state index is 8.72. The highest BCUT2D eigenvalue weighted by molar-refractivity contribution is 5.59. The third kappa shape index (κ3) is 2.13. The van der Waals surface area contributed by atoms with Gasteiger partial charge in [0, 0.05) is 6.20 Å². The van der Waals surface area contributed by atoms with E-state index in [1.807, 2.05) is 19.9 Å². The van der Waals surface area contributed by atoms with Crippen LogP contribution in [0.2, 0.25) is 0 Å². The van der Waals surface area contributed by atoms with E-state index in [2.05, 4.69) is 4.98 Å². The number of pyridine rings is 1. The van der Waals surface area contributed by atoms with E-state index in [-0.39, 0.29) is 6.10 Å². The molecular weight excluding hydrogens is 178 g/mol. The molecule has 0 fully saturated rings. The van der Waals surface area contributed by atoms with Gasteiger partial charge in [-0.25, -0.2) is 4.98 Å². The lowest BCUT2D eigenvalue weighted by atomic mass is 10.2. The minimum Gasteiger partial charge on any atom is -0.473 e. The quantitative estimate of drug-likeness (QED) is 0.789. The van der Waals surface area contributed by atoms with Crippen molar-refractivity contribution in [3.8, 4) is 11.9 Å². The lowest BCUT2D eigenvalue weighted by molar-refractivity contribution is 0.210. The molecule has 0 aliphatic heterocycles. The predicted molar refractivity (Wildman–Crippen MR) is 53.7 cm³/mol. The van der Waals surface area contributed by atoms with E-state index in [9.17, 15) is 0 Å². The standard InChI is InChI=1S/C10H13N3O/c1-3-7(2)14-10-9(12)8(6-11)4-5-13-10/h4-5,7H,3,12H2,1-2H3. The van der Waals surface area contributed by atoms with Gasteiger partial charge < -0.3 is 10.5 Å². The molecule has 0 aromatic carbocycles. The molecular formula is C10H13N3O. The lowest BCUT2D eigenvalue weighted by Gasteiger charge is -2.13. The number of hydrogen-bond acceptors (Lipinski definition) is 4. The minimum absolute atomic E-state index is 0.0544. The van der Waals surface area contributed by atoms with E-state index in [0.717, 1.165) is 6.42 Å². The normalized spacial score (nSPS) is 11.8. The number of hydrogen-bond donors (Lipinski definition) is 1. The largest absolute Gasteiger partial charge is 0.473 e. The first-order chi connectivity index (χ1) is 6.69. The van der Waals surface area contributed by atoms with Gasteiger partial charge in [-0.15, -0.1) is 0 Å². The van der Waals surface area contributed by atoms with Crippen LogP contribution in [-0.2, 0) is 0 Å². The summed E-state index contributed by atoms with van der Waals surface area (Å²) in [5.41, 5.74) is 6.40. The van der Waals surface area contributed by atoms with Crippen LogP contribution >= 0.6 is 0 Å². The van der Waals surface area contributed by atoms with Gasteiger partial charge in [-0.2, -0.15) is 5.26 Å². The maximum atomic E-state index is 8.72. The van der Waals surface area contributed by atoms with Crippen molar-refractivity contribution in [1.82, 2.24) is 4.98 Å². The molecule has 4 nitrogen and oxygen atoms in total. The van der Waals surface area contributed by atoms with Crippen LogP contribution in [0, 0.1) is 11.3 Å². The zero-order chi connectivity index (χ0) is 10.6. The Morgan fingerprint density at radius 2 is 2.43 bits per heavy atom. The lowest BCUT2D eigenvalue weighted by Crippen LogP contribution is -2.12. The summed E-state index contributed by atoms with van der Waals surface area (Å²) < 4.78 is 5.45. The van der Waals surface area contributed by atoms with Gasteiger partial charge in [-0.1, -0.05) is 6.92 Å². The highest BCUT2D eigenvalue weighted by atomic mass is 16.5. The van der Waals surface area contributed by atoms with Crippen molar-refractivity contribution in [2.75, 3.05) is 5.73 Å². The van der Waals surface area contributed by atoms with Gasteiger partial charge >= 0.3 is 0 Å². The summed E-state index contributed by atoms with van der Waals surface area (Å²) in [7, 11) is 0. The van der Waals surface area contributed by atoms with E-state index < -0.39 is 0 Å². The third-order valence-corrected chi connectivity index (χ3v) is 1.96. The topological polar surface area (TPSA) is 71.9 Å². The SMILES string of the molecule is CCC(C)Oc1nccc(C#N)c1N. The fraction of sp³-hybridized carbons (Fsp3) is 0.400. The molecule has 0 aliphatic rings. The van der Waals surface area contributed by atoms with Crippen molar-refractivity contribution < 1.29 is 4.74 Å². The molecule has 0 amide bonds. The molecule has 1 aromatic heterocycles. The summed E-state index contributed by atoms with van der Waals surface area (Å²) in [6.07, 6.45) is 2.45. The fourth-order valence-electron chi connectivity index (χ4n) is 0.919. The Hall–Kier alpha value is -1.76. The van der Waals surface area contributed by atoms with Crippen molar-refractivity contribution in [2.45, 2.75) is 26.4 Å². The van der Waals surface area contributed by atoms with Gasteiger partial charge in [-0.05, 0) is 19.4 Å². The highest BCUT2D eigenvalue weighted by Gasteiger charge is 2.09. The molecule has 0 aliphatic carbocycles. The van der Waals surface area contributed by atoms with Gasteiger partial charge in [-0.3, -0.25) is 0 Å². The number of nitrogens with zero attached hydrogens (tertiary/aromatic N) is 2. The molecule has 1 atom stereocenters. The van der Waals surface area contributed by atoms with Gasteiger partial charge in [0.2, 0.25) is 5.88 Å². The molecule has 1 unspecified atom stereocenters. The third-order valence-electron chi connectivity index (χ3n) is 1.96. The van der Waals surface area contributed by atoms with Crippen LogP contribution in [0.1, 0.15) is 25.8 Å². The first-order valence-corrected chi connectivity index (χ1v) is 4.50. The van der Waals surface area contributed by atoms with Gasteiger partial charge in [0.05, 0.1) is 11.7 Å². The Bertz CT molecular complexity index is 357. The first-order valence-electron chi connectivity index (χ1n) is 4.50. The molecule has 74 valence electrons. The Labute approximate surface area is 83.3 Å². The van der Waals surface area contributed by atoms with Crippen molar-refractivity contribution in [2.24, 2.45) is 0 Å². The summed E-state index contributed by atoms with van der Waals surface area (Å²) in [5, 5.41) is 8.72. The number of rotatable bonds is 3. The summed E-state index contributed by atoms with van der Waals surface area (Å²) in [6.45, 7) is 3.94. The van der Waals surface area contributed by atoms with Crippen molar-refractivity contribution in [3.63, 3.8) is 0 Å². The molecule has 0 bridgehead atoms. The van der Waals surface area contributed by atoms with Gasteiger partial charge in [0.1, 0.15) is 11.8 Å². The predicted octanol–water partition coefficient (Wildman–Crippen LogP) is 1.71. The molecule has 14 heavy (non-hydrogen) atoms. The second-order valence-electron chi connectivity index (χ2n) is 3.03. The van der Waals surface area contributed by atoms with E-state index >= 15 is 0 Å². The van der Waals surface area contributed by atoms with Crippen molar-refractivity contribution in [3.05, 3.63) is 17.8 Å². The molecule has 0 spiro atoms. The zero-order valence-electron chi connectivity index (χ0n) is 8.32. The van der Waals surface area contributed by atoms with Crippen LogP contribution in [-0.4, -0.2) is 11.1 Å². The Balaban J connectivity index is 2.94. The van der Waals surface area contributed by atoms with E-state index in [1.165, 1.54) is 6.20 Å². The highest BCUT2D eigenvalue weighted by Crippen LogP contribution is 2.22. The first kappa shape index (κ1) is 10.3. The minimum atomic E-state index is 0.0544. The number of nitriles is 1. The van der Waals surface area contributed by atoms with E-state index in [4.69, 9.17) is 15.7 Å². The monoisotopic (exact) mass is 191 g/mol. The molecule has 2 N–H and O–H groups in total. The Morgan fingerprint density at radius 3 is 3.00 bits per heavy atom. The number of ether oxygens (including phenoxy) is 1. The van der Waals surface area contributed by atoms with Crippen LogP contribution in [0.5, 0.6) is 5.88 Å². The molecule has 1 rings (SSSR count). The van der Waals surface area contributed by atoms with Crippen LogP contribution in [0.4, 0.5) is 5.69 Å². The second kappa shape index (κ2) is 4.47. The number of nitrogens with two attached hydrogens (primary N) is 1. The smallest absolute Gasteiger partial charge is 0.238 e. The summed E-state index contributed by atoms with van der Waals surface area (Å²) >= 11 is 0. The maximum Gasteiger partial charge on any atom is 0.238 e. The van der Waals surface area contributed by atoms with Gasteiger partial charge in [0.15, 0.2) is 0 Å². The van der Waals surface area contributed by atoms with Gasteiger partial charge in [0.25, 0.3) is 0 Å². The number of aromatic nitrogens is 1. The zero-order valence-corrected chi connectivity index (χ0v) is 8.32. The molecule has 0 saturated carbocycles. The molecule has 1 aromatic rings. The summed E-state index contributed by atoms with van der Waals surface area (Å²) in [4.78, 5) is 3.98. The van der Waals surface area contributed by atoms with E-state index in [1.54, 1.807) is 6.07 Å². The van der Waals surface area contributed by atoms with Crippen LogP contribution < -0.4 is 10.5 Å². The van der Waals surface area contributed by atoms with Crippen LogP contribution in [0.25, 0.3) is 0 Å². The van der Waals surface area contributed by atoms with Crippen LogP contribution in [0.15, 0.2) is 12.3 Å². The summed E-state index contributed by atoms with van der Waals surface area (Å²) in [6, 6.07) is 3.55. The van der Waals surface area contributed by atoms with E-state index in [0.29, 0.717) is 17.1 Å². The second-order valence-corrected chi connectivity index (χ2v) is 3.03. The average Bonchev–Trinajstić information content (AvgIpc) is 2.21. The summed E-state index contributed by atoms with van der Waals surface area (Å²) in [5.74, 6) is 0.346. The molecule has 4 heteroatoms. The van der Waals surface area contributed by atoms with Crippen LogP contribution in [0.3, 0.4) is 0 Å². The molecule has 1 heterocycles. The van der Waals surface area contributed by atoms with Crippen molar-refractivity contribution >= 4 is 5.69 Å². The molecule has 0 radical (unpaired) electrons. The Morgan fingerprint density at radius 1 is 1.71 bits per heavy atom. The molecule has 0 saturated heterocycles. The van der Waals surface area contributed by atoms with Crippen molar-refractivity contribution in [1.29, 1.82) is 5.26 Å². The number of anilines is 1. The average molecular weight is 191 g/mol.